The Bertz CT molecular complexity index is 793. The van der Waals surface area contributed by atoms with Crippen molar-refractivity contribution < 1.29 is 4.79 Å². The van der Waals surface area contributed by atoms with Crippen molar-refractivity contribution in [1.29, 1.82) is 0 Å². The van der Waals surface area contributed by atoms with Crippen molar-refractivity contribution in [1.82, 2.24) is 9.78 Å². The van der Waals surface area contributed by atoms with Gasteiger partial charge in [-0.25, -0.2) is 4.68 Å². The van der Waals surface area contributed by atoms with Crippen LogP contribution in [0.3, 0.4) is 0 Å². The maximum atomic E-state index is 12.2. The van der Waals surface area contributed by atoms with Crippen molar-refractivity contribution in [2.24, 2.45) is 5.92 Å². The van der Waals surface area contributed by atoms with E-state index in [-0.39, 0.29) is 18.0 Å². The number of aryl methyl sites for hydroxylation is 2. The molecule has 0 spiro atoms. The van der Waals surface area contributed by atoms with E-state index in [1.54, 1.807) is 6.07 Å². The predicted molar refractivity (Wildman–Crippen MR) is 94.1 cm³/mol. The molecule has 0 saturated heterocycles. The van der Waals surface area contributed by atoms with Crippen LogP contribution >= 0.6 is 0 Å². The molecule has 0 saturated carbocycles. The smallest absolute Gasteiger partial charge is 0.267 e. The van der Waals surface area contributed by atoms with E-state index in [9.17, 15) is 9.59 Å². The molecule has 1 aliphatic rings. The van der Waals surface area contributed by atoms with Crippen LogP contribution in [0.1, 0.15) is 37.1 Å². The minimum absolute atomic E-state index is 0.0583. The second-order valence-corrected chi connectivity index (χ2v) is 6.56. The summed E-state index contributed by atoms with van der Waals surface area (Å²) in [5, 5.41) is 7.22. The van der Waals surface area contributed by atoms with Gasteiger partial charge in [0.05, 0.1) is 5.69 Å². The minimum atomic E-state index is -0.238. The molecule has 0 radical (unpaired) electrons. The van der Waals surface area contributed by atoms with Gasteiger partial charge in [0.2, 0.25) is 5.91 Å². The summed E-state index contributed by atoms with van der Waals surface area (Å²) in [4.78, 5) is 24.4. The lowest BCUT2D eigenvalue weighted by Gasteiger charge is -2.20. The summed E-state index contributed by atoms with van der Waals surface area (Å²) in [6, 6.07) is 9.36. The summed E-state index contributed by atoms with van der Waals surface area (Å²) in [6.07, 6.45) is 3.81. The molecule has 3 rings (SSSR count). The van der Waals surface area contributed by atoms with Gasteiger partial charge in [0.15, 0.2) is 0 Å². The van der Waals surface area contributed by atoms with Crippen LogP contribution in [0.4, 0.5) is 5.69 Å². The highest BCUT2D eigenvalue weighted by Crippen LogP contribution is 2.22. The molecule has 1 aromatic carbocycles. The van der Waals surface area contributed by atoms with E-state index < -0.39 is 0 Å². The van der Waals surface area contributed by atoms with E-state index in [1.807, 2.05) is 24.3 Å². The Labute approximate surface area is 141 Å². The monoisotopic (exact) mass is 325 g/mol. The number of fused-ring (bicyclic) bond motifs is 1. The normalized spacial score (nSPS) is 16.5. The van der Waals surface area contributed by atoms with Crippen molar-refractivity contribution >= 4 is 11.6 Å². The molecule has 24 heavy (non-hydrogen) atoms. The fourth-order valence-corrected chi connectivity index (χ4v) is 3.09. The lowest BCUT2D eigenvalue weighted by atomic mass is 9.88. The lowest BCUT2D eigenvalue weighted by Crippen LogP contribution is -2.32. The molecule has 1 aromatic heterocycles. The Morgan fingerprint density at radius 1 is 1.33 bits per heavy atom. The van der Waals surface area contributed by atoms with Crippen LogP contribution in [0.2, 0.25) is 0 Å². The van der Waals surface area contributed by atoms with E-state index >= 15 is 0 Å². The number of amides is 1. The Kier molecular flexibility index (Phi) is 4.79. The molecule has 1 aliphatic carbocycles. The van der Waals surface area contributed by atoms with Crippen molar-refractivity contribution in [2.45, 2.75) is 46.1 Å². The molecule has 5 nitrogen and oxygen atoms in total. The van der Waals surface area contributed by atoms with Crippen LogP contribution < -0.4 is 10.9 Å². The summed E-state index contributed by atoms with van der Waals surface area (Å²) >= 11 is 0. The molecule has 1 amide bonds. The van der Waals surface area contributed by atoms with Crippen LogP contribution in [-0.2, 0) is 30.6 Å². The van der Waals surface area contributed by atoms with Gasteiger partial charge in [-0.15, -0.1) is 0 Å². The Balaban J connectivity index is 1.71. The van der Waals surface area contributed by atoms with Crippen LogP contribution in [0.15, 0.2) is 35.1 Å². The van der Waals surface area contributed by atoms with Crippen molar-refractivity contribution in [3.63, 3.8) is 0 Å². The lowest BCUT2D eigenvalue weighted by molar-refractivity contribution is -0.117. The number of hydrogen-bond acceptors (Lipinski definition) is 3. The molecule has 1 atom stereocenters. The summed E-state index contributed by atoms with van der Waals surface area (Å²) < 4.78 is 1.27. The first-order valence-electron chi connectivity index (χ1n) is 8.54. The van der Waals surface area contributed by atoms with E-state index in [0.29, 0.717) is 5.92 Å². The van der Waals surface area contributed by atoms with Crippen LogP contribution in [-0.4, -0.2) is 15.7 Å². The fourth-order valence-electron chi connectivity index (χ4n) is 3.09. The van der Waals surface area contributed by atoms with Crippen LogP contribution in [0, 0.1) is 5.92 Å². The molecule has 0 bridgehead atoms. The molecular formula is C19H23N3O2. The maximum Gasteiger partial charge on any atom is 0.267 e. The molecule has 1 heterocycles. The third-order valence-corrected chi connectivity index (χ3v) is 4.55. The zero-order chi connectivity index (χ0) is 17.1. The number of nitrogens with one attached hydrogen (secondary N) is 1. The number of rotatable bonds is 4. The van der Waals surface area contributed by atoms with E-state index in [4.69, 9.17) is 0 Å². The Morgan fingerprint density at radius 3 is 2.79 bits per heavy atom. The quantitative estimate of drug-likeness (QED) is 0.939. The minimum Gasteiger partial charge on any atom is -0.324 e. The molecule has 1 unspecified atom stereocenters. The highest BCUT2D eigenvalue weighted by Gasteiger charge is 2.18. The highest BCUT2D eigenvalue weighted by atomic mass is 16.2. The second-order valence-electron chi connectivity index (χ2n) is 6.56. The number of aromatic nitrogens is 2. The molecule has 5 heteroatoms. The zero-order valence-electron chi connectivity index (χ0n) is 14.2. The van der Waals surface area contributed by atoms with Gasteiger partial charge in [-0.2, -0.15) is 5.10 Å². The maximum absolute atomic E-state index is 12.2. The molecule has 0 aliphatic heterocycles. The summed E-state index contributed by atoms with van der Waals surface area (Å²) in [7, 11) is 0. The highest BCUT2D eigenvalue weighted by molar-refractivity contribution is 5.90. The van der Waals surface area contributed by atoms with Crippen molar-refractivity contribution in [2.75, 3.05) is 5.32 Å². The van der Waals surface area contributed by atoms with Gasteiger partial charge in [-0.05, 0) is 54.9 Å². The zero-order valence-corrected chi connectivity index (χ0v) is 14.2. The number of hydrogen-bond donors (Lipinski definition) is 1. The van der Waals surface area contributed by atoms with E-state index in [1.165, 1.54) is 10.2 Å². The van der Waals surface area contributed by atoms with Crippen molar-refractivity contribution in [3.05, 3.63) is 57.5 Å². The van der Waals surface area contributed by atoms with Crippen LogP contribution in [0.5, 0.6) is 0 Å². The Hall–Kier alpha value is -2.43. The van der Waals surface area contributed by atoms with Crippen molar-refractivity contribution in [3.8, 4) is 0 Å². The molecule has 0 fully saturated rings. The van der Waals surface area contributed by atoms with Gasteiger partial charge in [-0.3, -0.25) is 9.59 Å². The molecule has 126 valence electrons. The summed E-state index contributed by atoms with van der Waals surface area (Å²) in [6.45, 7) is 4.21. The number of benzene rings is 1. The Morgan fingerprint density at radius 2 is 2.08 bits per heavy atom. The summed E-state index contributed by atoms with van der Waals surface area (Å²) in [5.74, 6) is 0.349. The molecular weight excluding hydrogens is 302 g/mol. The fraction of sp³-hybridized carbons (Fsp3) is 0.421. The largest absolute Gasteiger partial charge is 0.324 e. The molecule has 1 N–H and O–H groups in total. The first kappa shape index (κ1) is 16.4. The third kappa shape index (κ3) is 3.72. The second kappa shape index (κ2) is 6.99. The van der Waals surface area contributed by atoms with Gasteiger partial charge in [-0.1, -0.05) is 26.0 Å². The van der Waals surface area contributed by atoms with E-state index in [2.05, 4.69) is 24.3 Å². The first-order chi connectivity index (χ1) is 11.5. The number of carbonyl (C=O) groups is 1. The van der Waals surface area contributed by atoms with E-state index in [0.717, 1.165) is 42.6 Å². The molecule has 2 aromatic rings. The van der Waals surface area contributed by atoms with Crippen LogP contribution in [0.25, 0.3) is 0 Å². The first-order valence-corrected chi connectivity index (χ1v) is 8.54. The number of carbonyl (C=O) groups excluding carboxylic acids is 1. The predicted octanol–water partition coefficient (Wildman–Crippen LogP) is 2.57. The average molecular weight is 325 g/mol. The average Bonchev–Trinajstić information content (AvgIpc) is 2.56. The standard InChI is InChI=1S/C19H23N3O2/c1-3-14-5-7-16(8-6-14)20-18(23)12-22-19(24)11-15-10-13(2)4-9-17(15)21-22/h5-8,11,13H,3-4,9-10,12H2,1-2H3,(H,20,23). The van der Waals surface area contributed by atoms with Gasteiger partial charge in [0.1, 0.15) is 6.54 Å². The number of nitrogens with zero attached hydrogens (tertiary/aromatic N) is 2. The van der Waals surface area contributed by atoms with Gasteiger partial charge in [0.25, 0.3) is 5.56 Å². The van der Waals surface area contributed by atoms with Gasteiger partial charge in [0, 0.05) is 11.8 Å². The third-order valence-electron chi connectivity index (χ3n) is 4.55. The topological polar surface area (TPSA) is 64.0 Å². The van der Waals surface area contributed by atoms with Gasteiger partial charge < -0.3 is 5.32 Å². The SMILES string of the molecule is CCc1ccc(NC(=O)Cn2nc3c(cc2=O)CC(C)CC3)cc1. The van der Waals surface area contributed by atoms with Gasteiger partial charge >= 0.3 is 0 Å². The number of anilines is 1. The summed E-state index contributed by atoms with van der Waals surface area (Å²) in [5.41, 5.74) is 3.73.